The Balaban J connectivity index is 1.33. The number of hydrogen-bond donors (Lipinski definition) is 1. The van der Waals surface area contributed by atoms with Gasteiger partial charge in [0, 0.05) is 44.0 Å². The number of rotatable bonds is 6. The van der Waals surface area contributed by atoms with E-state index in [1.807, 2.05) is 23.1 Å². The Morgan fingerprint density at radius 3 is 1.97 bits per heavy atom. The first-order valence-electron chi connectivity index (χ1n) is 10.2. The number of anilines is 1. The smallest absolute Gasteiger partial charge is 0.261 e. The normalized spacial score (nSPS) is 14.9. The molecule has 1 aliphatic heterocycles. The number of amides is 1. The van der Waals surface area contributed by atoms with Crippen LogP contribution in [0.4, 0.5) is 5.69 Å². The van der Waals surface area contributed by atoms with Gasteiger partial charge in [0.2, 0.25) is 0 Å². The number of benzene rings is 3. The molecule has 0 unspecified atom stereocenters. The highest BCUT2D eigenvalue weighted by Crippen LogP contribution is 2.18. The number of hydrogen-bond acceptors (Lipinski definition) is 4. The number of sulfonamides is 1. The van der Waals surface area contributed by atoms with Crippen LogP contribution in [0, 0.1) is 0 Å². The second-order valence-corrected chi connectivity index (χ2v) is 9.23. The Bertz CT molecular complexity index is 1110. The topological polar surface area (TPSA) is 69.7 Å². The van der Waals surface area contributed by atoms with Crippen molar-refractivity contribution in [2.24, 2.45) is 0 Å². The van der Waals surface area contributed by atoms with Gasteiger partial charge in [-0.15, -0.1) is 0 Å². The maximum atomic E-state index is 12.9. The molecule has 6 nitrogen and oxygen atoms in total. The minimum Gasteiger partial charge on any atom is -0.336 e. The third-order valence-electron chi connectivity index (χ3n) is 5.35. The minimum absolute atomic E-state index is 0.0307. The molecule has 1 heterocycles. The largest absolute Gasteiger partial charge is 0.336 e. The molecule has 1 fully saturated rings. The summed E-state index contributed by atoms with van der Waals surface area (Å²) in [5.74, 6) is -0.0307. The molecule has 1 N–H and O–H groups in total. The van der Waals surface area contributed by atoms with Crippen LogP contribution in [0.5, 0.6) is 0 Å². The molecule has 3 aromatic rings. The summed E-state index contributed by atoms with van der Waals surface area (Å²) in [5.41, 5.74) is 2.25. The molecular weight excluding hydrogens is 410 g/mol. The Kier molecular flexibility index (Phi) is 6.34. The van der Waals surface area contributed by atoms with Gasteiger partial charge in [-0.05, 0) is 42.0 Å². The summed E-state index contributed by atoms with van der Waals surface area (Å²) in [6.07, 6.45) is 0. The lowest BCUT2D eigenvalue weighted by molar-refractivity contribution is 0.0628. The van der Waals surface area contributed by atoms with Crippen LogP contribution in [-0.2, 0) is 16.6 Å². The molecule has 3 aromatic carbocycles. The quantitative estimate of drug-likeness (QED) is 0.644. The average molecular weight is 436 g/mol. The van der Waals surface area contributed by atoms with E-state index in [4.69, 9.17) is 0 Å². The van der Waals surface area contributed by atoms with Gasteiger partial charge in [0.15, 0.2) is 0 Å². The maximum absolute atomic E-state index is 12.9. The maximum Gasteiger partial charge on any atom is 0.261 e. The summed E-state index contributed by atoms with van der Waals surface area (Å²) in [6, 6.07) is 25.1. The van der Waals surface area contributed by atoms with E-state index in [0.717, 1.165) is 19.6 Å². The van der Waals surface area contributed by atoms with Crippen molar-refractivity contribution in [2.45, 2.75) is 11.4 Å². The van der Waals surface area contributed by atoms with Gasteiger partial charge in [0.05, 0.1) is 4.90 Å². The summed E-state index contributed by atoms with van der Waals surface area (Å²) in [5, 5.41) is 0. The summed E-state index contributed by atoms with van der Waals surface area (Å²) >= 11 is 0. The SMILES string of the molecule is O=C(c1ccc(NS(=O)(=O)c2ccccc2)cc1)N1CCN(Cc2ccccc2)CC1. The molecule has 0 aliphatic carbocycles. The Morgan fingerprint density at radius 2 is 1.35 bits per heavy atom. The summed E-state index contributed by atoms with van der Waals surface area (Å²) in [6.45, 7) is 3.90. The van der Waals surface area contributed by atoms with Gasteiger partial charge in [0.25, 0.3) is 15.9 Å². The zero-order valence-electron chi connectivity index (χ0n) is 17.1. The van der Waals surface area contributed by atoms with Crippen molar-refractivity contribution < 1.29 is 13.2 Å². The fourth-order valence-corrected chi connectivity index (χ4v) is 4.71. The molecule has 0 saturated carbocycles. The Labute approximate surface area is 183 Å². The van der Waals surface area contributed by atoms with E-state index in [9.17, 15) is 13.2 Å². The molecule has 1 aliphatic rings. The first-order valence-corrected chi connectivity index (χ1v) is 11.7. The lowest BCUT2D eigenvalue weighted by Crippen LogP contribution is -2.48. The molecule has 0 atom stereocenters. The molecule has 0 spiro atoms. The van der Waals surface area contributed by atoms with Crippen LogP contribution in [0.3, 0.4) is 0 Å². The molecule has 7 heteroatoms. The predicted octanol–water partition coefficient (Wildman–Crippen LogP) is 3.45. The van der Waals surface area contributed by atoms with Crippen LogP contribution in [0.15, 0.2) is 89.8 Å². The van der Waals surface area contributed by atoms with E-state index in [1.165, 1.54) is 17.7 Å². The zero-order valence-corrected chi connectivity index (χ0v) is 18.0. The number of nitrogens with zero attached hydrogens (tertiary/aromatic N) is 2. The third kappa shape index (κ3) is 5.31. The van der Waals surface area contributed by atoms with E-state index < -0.39 is 10.0 Å². The number of nitrogens with one attached hydrogen (secondary N) is 1. The van der Waals surface area contributed by atoms with E-state index >= 15 is 0 Å². The molecular formula is C24H25N3O3S. The molecule has 160 valence electrons. The molecule has 0 aromatic heterocycles. The molecule has 0 radical (unpaired) electrons. The van der Waals surface area contributed by atoms with Crippen LogP contribution in [0.2, 0.25) is 0 Å². The lowest BCUT2D eigenvalue weighted by Gasteiger charge is -2.34. The number of carbonyl (C=O) groups is 1. The summed E-state index contributed by atoms with van der Waals surface area (Å²) in [4.78, 5) is 17.2. The van der Waals surface area contributed by atoms with Gasteiger partial charge < -0.3 is 4.90 Å². The predicted molar refractivity (Wildman–Crippen MR) is 121 cm³/mol. The van der Waals surface area contributed by atoms with Crippen molar-refractivity contribution in [3.05, 3.63) is 96.1 Å². The van der Waals surface area contributed by atoms with E-state index in [1.54, 1.807) is 42.5 Å². The summed E-state index contributed by atoms with van der Waals surface area (Å²) in [7, 11) is -3.65. The van der Waals surface area contributed by atoms with Gasteiger partial charge in [-0.3, -0.25) is 14.4 Å². The van der Waals surface area contributed by atoms with Crippen molar-refractivity contribution in [3.8, 4) is 0 Å². The molecule has 31 heavy (non-hydrogen) atoms. The van der Waals surface area contributed by atoms with Crippen molar-refractivity contribution in [2.75, 3.05) is 30.9 Å². The minimum atomic E-state index is -3.65. The Hall–Kier alpha value is -3.16. The first-order chi connectivity index (χ1) is 15.0. The first kappa shape index (κ1) is 21.1. The number of carbonyl (C=O) groups excluding carboxylic acids is 1. The van der Waals surface area contributed by atoms with Crippen LogP contribution in [0.1, 0.15) is 15.9 Å². The van der Waals surface area contributed by atoms with Crippen molar-refractivity contribution in [1.29, 1.82) is 0 Å². The molecule has 0 bridgehead atoms. The van der Waals surface area contributed by atoms with Gasteiger partial charge >= 0.3 is 0 Å². The van der Waals surface area contributed by atoms with Crippen molar-refractivity contribution >= 4 is 21.6 Å². The van der Waals surface area contributed by atoms with Gasteiger partial charge in [-0.2, -0.15) is 0 Å². The monoisotopic (exact) mass is 435 g/mol. The van der Waals surface area contributed by atoms with Gasteiger partial charge in [-0.25, -0.2) is 8.42 Å². The fourth-order valence-electron chi connectivity index (χ4n) is 3.63. The highest BCUT2D eigenvalue weighted by atomic mass is 32.2. The third-order valence-corrected chi connectivity index (χ3v) is 6.74. The van der Waals surface area contributed by atoms with Crippen LogP contribution in [0.25, 0.3) is 0 Å². The second kappa shape index (κ2) is 9.32. The molecule has 1 amide bonds. The lowest BCUT2D eigenvalue weighted by atomic mass is 10.1. The fraction of sp³-hybridized carbons (Fsp3) is 0.208. The van der Waals surface area contributed by atoms with E-state index in [-0.39, 0.29) is 10.8 Å². The van der Waals surface area contributed by atoms with Crippen molar-refractivity contribution in [1.82, 2.24) is 9.80 Å². The standard InChI is InChI=1S/C24H25N3O3S/c28-24(27-17-15-26(16-18-27)19-20-7-3-1-4-8-20)21-11-13-22(14-12-21)25-31(29,30)23-9-5-2-6-10-23/h1-14,25H,15-19H2. The van der Waals surface area contributed by atoms with Gasteiger partial charge in [-0.1, -0.05) is 48.5 Å². The second-order valence-electron chi connectivity index (χ2n) is 7.55. The van der Waals surface area contributed by atoms with Crippen LogP contribution < -0.4 is 4.72 Å². The molecule has 1 saturated heterocycles. The highest BCUT2D eigenvalue weighted by molar-refractivity contribution is 7.92. The van der Waals surface area contributed by atoms with E-state index in [0.29, 0.717) is 24.3 Å². The molecule has 4 rings (SSSR count). The Morgan fingerprint density at radius 1 is 0.774 bits per heavy atom. The summed E-state index contributed by atoms with van der Waals surface area (Å²) < 4.78 is 27.4. The highest BCUT2D eigenvalue weighted by Gasteiger charge is 2.22. The average Bonchev–Trinajstić information content (AvgIpc) is 2.81. The number of piperazine rings is 1. The zero-order chi connectivity index (χ0) is 21.7. The van der Waals surface area contributed by atoms with Gasteiger partial charge in [0.1, 0.15) is 0 Å². The van der Waals surface area contributed by atoms with Crippen LogP contribution in [-0.4, -0.2) is 50.3 Å². The van der Waals surface area contributed by atoms with Crippen molar-refractivity contribution in [3.63, 3.8) is 0 Å². The van der Waals surface area contributed by atoms with Crippen LogP contribution >= 0.6 is 0 Å². The van der Waals surface area contributed by atoms with E-state index in [2.05, 4.69) is 21.8 Å².